The van der Waals surface area contributed by atoms with E-state index in [-0.39, 0.29) is 11.3 Å². The monoisotopic (exact) mass is 283 g/mol. The minimum Gasteiger partial charge on any atom is -0.481 e. The summed E-state index contributed by atoms with van der Waals surface area (Å²) in [5.74, 6) is -2.95. The predicted octanol–water partition coefficient (Wildman–Crippen LogP) is 1.32. The number of hydrogen-bond donors (Lipinski definition) is 1. The molecule has 19 heavy (non-hydrogen) atoms. The van der Waals surface area contributed by atoms with Crippen LogP contribution >= 0.6 is 0 Å². The largest absolute Gasteiger partial charge is 0.481 e. The van der Waals surface area contributed by atoms with E-state index in [1.165, 1.54) is 13.0 Å². The second-order valence-electron chi connectivity index (χ2n) is 4.24. The molecule has 0 fully saturated rings. The fourth-order valence-corrected chi connectivity index (χ4v) is 2.76. The van der Waals surface area contributed by atoms with E-state index in [0.717, 1.165) is 18.3 Å². The van der Waals surface area contributed by atoms with Gasteiger partial charge in [0.25, 0.3) is 0 Å². The first-order valence-corrected chi connectivity index (χ1v) is 6.66. The minimum atomic E-state index is -1.94. The second-order valence-corrected chi connectivity index (χ2v) is 6.07. The molecule has 0 radical (unpaired) electrons. The molecule has 100 valence electrons. The fourth-order valence-electron chi connectivity index (χ4n) is 1.75. The second kappa shape index (κ2) is 4.65. The van der Waals surface area contributed by atoms with Crippen LogP contribution in [0.15, 0.2) is 23.2 Å². The number of hydrogen-bond acceptors (Lipinski definition) is 4. The van der Waals surface area contributed by atoms with Crippen molar-refractivity contribution in [2.45, 2.75) is 11.7 Å². The van der Waals surface area contributed by atoms with Crippen LogP contribution in [0.1, 0.15) is 17.3 Å². The molecule has 0 saturated carbocycles. The lowest BCUT2D eigenvalue weighted by Gasteiger charge is -2.26. The van der Waals surface area contributed by atoms with Crippen LogP contribution < -0.4 is 0 Å². The summed E-state index contributed by atoms with van der Waals surface area (Å²) in [6.07, 6.45) is 1.14. The summed E-state index contributed by atoms with van der Waals surface area (Å²) < 4.78 is 23.5. The van der Waals surface area contributed by atoms with Crippen LogP contribution in [0.4, 0.5) is 10.1 Å². The van der Waals surface area contributed by atoms with E-state index in [9.17, 15) is 18.2 Å². The first-order chi connectivity index (χ1) is 8.84. The topological polar surface area (TPSA) is 83.8 Å². The maximum Gasteiger partial charge on any atom is 0.316 e. The van der Waals surface area contributed by atoms with E-state index in [2.05, 4.69) is 4.99 Å². The Morgan fingerprint density at radius 3 is 2.84 bits per heavy atom. The van der Waals surface area contributed by atoms with E-state index in [1.54, 1.807) is 0 Å². The summed E-state index contributed by atoms with van der Waals surface area (Å²) >= 11 is 0. The average molecular weight is 283 g/mol. The van der Waals surface area contributed by atoms with Gasteiger partial charge in [0, 0.05) is 17.8 Å². The van der Waals surface area contributed by atoms with Crippen molar-refractivity contribution < 1.29 is 23.3 Å². The van der Waals surface area contributed by atoms with E-state index < -0.39 is 38.9 Å². The Kier molecular flexibility index (Phi) is 3.32. The lowest BCUT2D eigenvalue weighted by atomic mass is 9.95. The number of carboxylic acids is 1. The number of carbonyl (C=O) groups is 2. The Labute approximate surface area is 110 Å². The Balaban J connectivity index is 2.44. The van der Waals surface area contributed by atoms with Gasteiger partial charge in [0.1, 0.15) is 16.3 Å². The molecule has 0 bridgehead atoms. The van der Waals surface area contributed by atoms with Crippen molar-refractivity contribution in [2.75, 3.05) is 5.75 Å². The predicted molar refractivity (Wildman–Crippen MR) is 67.9 cm³/mol. The number of carbonyl (C=O) groups excluding carboxylic acids is 1. The van der Waals surface area contributed by atoms with Crippen LogP contribution in [-0.2, 0) is 15.6 Å². The number of carboxylic acid groups (broad SMARTS) is 1. The molecule has 7 heteroatoms. The number of nitrogens with zero attached hydrogens (tertiary/aromatic N) is 1. The summed E-state index contributed by atoms with van der Waals surface area (Å²) in [7, 11) is -1.94. The van der Waals surface area contributed by atoms with Gasteiger partial charge in [0.15, 0.2) is 5.78 Å². The Morgan fingerprint density at radius 2 is 2.21 bits per heavy atom. The van der Waals surface area contributed by atoms with Gasteiger partial charge >= 0.3 is 5.97 Å². The Morgan fingerprint density at radius 1 is 1.53 bits per heavy atom. The van der Waals surface area contributed by atoms with Crippen molar-refractivity contribution in [1.82, 2.24) is 0 Å². The van der Waals surface area contributed by atoms with Gasteiger partial charge in [-0.15, -0.1) is 0 Å². The number of ketones is 1. The smallest absolute Gasteiger partial charge is 0.316 e. The lowest BCUT2D eigenvalue weighted by Crippen LogP contribution is -2.45. The van der Waals surface area contributed by atoms with Crippen molar-refractivity contribution in [3.05, 3.63) is 29.6 Å². The SMILES string of the molecule is CC1(S(=O)CC(=O)O)C=Nc2cc(F)ccc2C1=O. The molecule has 5 nitrogen and oxygen atoms in total. The zero-order valence-corrected chi connectivity index (χ0v) is 10.7. The van der Waals surface area contributed by atoms with Gasteiger partial charge in [-0.2, -0.15) is 0 Å². The minimum absolute atomic E-state index is 0.144. The van der Waals surface area contributed by atoms with E-state index in [4.69, 9.17) is 5.11 Å². The molecule has 2 unspecified atom stereocenters. The molecule has 1 N–H and O–H groups in total. The van der Waals surface area contributed by atoms with Crippen LogP contribution in [0.25, 0.3) is 0 Å². The zero-order valence-electron chi connectivity index (χ0n) is 9.92. The van der Waals surface area contributed by atoms with Crippen molar-refractivity contribution >= 4 is 34.5 Å². The normalized spacial score (nSPS) is 22.9. The maximum atomic E-state index is 13.0. The first kappa shape index (κ1) is 13.5. The number of Topliss-reactive ketones (excluding diaryl/α,β-unsaturated/α-hetero) is 1. The molecule has 0 aliphatic carbocycles. The third-order valence-electron chi connectivity index (χ3n) is 2.83. The van der Waals surface area contributed by atoms with Crippen LogP contribution in [0.2, 0.25) is 0 Å². The van der Waals surface area contributed by atoms with Gasteiger partial charge in [-0.25, -0.2) is 4.39 Å². The van der Waals surface area contributed by atoms with Gasteiger partial charge in [-0.05, 0) is 19.1 Å². The van der Waals surface area contributed by atoms with Gasteiger partial charge < -0.3 is 5.11 Å². The molecule has 0 saturated heterocycles. The molecule has 1 aliphatic rings. The van der Waals surface area contributed by atoms with E-state index in [0.29, 0.717) is 0 Å². The van der Waals surface area contributed by atoms with E-state index in [1.807, 2.05) is 0 Å². The Hall–Kier alpha value is -1.89. The quantitative estimate of drug-likeness (QED) is 0.906. The van der Waals surface area contributed by atoms with Crippen molar-refractivity contribution in [2.24, 2.45) is 4.99 Å². The highest BCUT2D eigenvalue weighted by atomic mass is 32.2. The molecule has 1 aliphatic heterocycles. The summed E-state index contributed by atoms with van der Waals surface area (Å²) in [6.45, 7) is 1.37. The van der Waals surface area contributed by atoms with Crippen LogP contribution in [0.3, 0.4) is 0 Å². The summed E-state index contributed by atoms with van der Waals surface area (Å²) in [5.41, 5.74) is 0.305. The zero-order chi connectivity index (χ0) is 14.2. The standard InChI is InChI=1S/C12H10FNO4S/c1-12(19(18)5-10(15)16)6-14-9-4-7(13)2-3-8(9)11(12)17/h2-4,6H,5H2,1H3,(H,15,16). The molecule has 0 amide bonds. The number of rotatable bonds is 3. The average Bonchev–Trinajstić information content (AvgIpc) is 2.33. The molecular weight excluding hydrogens is 273 g/mol. The lowest BCUT2D eigenvalue weighted by molar-refractivity contribution is -0.133. The highest BCUT2D eigenvalue weighted by molar-refractivity contribution is 7.88. The van der Waals surface area contributed by atoms with Crippen molar-refractivity contribution in [3.8, 4) is 0 Å². The van der Waals surface area contributed by atoms with Gasteiger partial charge in [-0.3, -0.25) is 18.8 Å². The molecule has 0 spiro atoms. The van der Waals surface area contributed by atoms with Gasteiger partial charge in [0.05, 0.1) is 16.5 Å². The number of halogens is 1. The molecule has 2 rings (SSSR count). The first-order valence-electron chi connectivity index (χ1n) is 5.34. The van der Waals surface area contributed by atoms with Gasteiger partial charge in [-0.1, -0.05) is 0 Å². The molecule has 1 aromatic rings. The number of aliphatic imine (C=N–C) groups is 1. The molecule has 2 atom stereocenters. The summed E-state index contributed by atoms with van der Waals surface area (Å²) in [4.78, 5) is 26.8. The van der Waals surface area contributed by atoms with Crippen LogP contribution in [-0.4, -0.2) is 37.8 Å². The Bertz CT molecular complexity index is 628. The molecular formula is C12H10FNO4S. The molecule has 1 heterocycles. The molecule has 0 aromatic heterocycles. The molecule has 1 aromatic carbocycles. The fraction of sp³-hybridized carbons (Fsp3) is 0.250. The maximum absolute atomic E-state index is 13.0. The highest BCUT2D eigenvalue weighted by Crippen LogP contribution is 2.31. The summed E-state index contributed by atoms with van der Waals surface area (Å²) in [6, 6.07) is 3.47. The van der Waals surface area contributed by atoms with Crippen LogP contribution in [0.5, 0.6) is 0 Å². The third kappa shape index (κ3) is 2.33. The summed E-state index contributed by atoms with van der Waals surface area (Å²) in [5, 5.41) is 8.65. The number of aliphatic carboxylic acids is 1. The third-order valence-corrected chi connectivity index (χ3v) is 4.58. The van der Waals surface area contributed by atoms with Gasteiger partial charge in [0.2, 0.25) is 0 Å². The van der Waals surface area contributed by atoms with Crippen molar-refractivity contribution in [3.63, 3.8) is 0 Å². The van der Waals surface area contributed by atoms with Crippen molar-refractivity contribution in [1.29, 1.82) is 0 Å². The van der Waals surface area contributed by atoms with Crippen LogP contribution in [0, 0.1) is 5.82 Å². The number of benzene rings is 1. The highest BCUT2D eigenvalue weighted by Gasteiger charge is 2.42. The number of fused-ring (bicyclic) bond motifs is 1. The van der Waals surface area contributed by atoms with E-state index >= 15 is 0 Å².